The Balaban J connectivity index is 2.56. The molecule has 0 aromatic heterocycles. The molecule has 0 heterocycles. The summed E-state index contributed by atoms with van der Waals surface area (Å²) in [5, 5.41) is 17.4. The van der Waals surface area contributed by atoms with Crippen molar-refractivity contribution >= 4 is 11.6 Å². The molecule has 1 aromatic rings. The number of benzene rings is 1. The van der Waals surface area contributed by atoms with Crippen LogP contribution in [0, 0.1) is 22.7 Å². The van der Waals surface area contributed by atoms with E-state index in [0.717, 1.165) is 0 Å². The van der Waals surface area contributed by atoms with E-state index >= 15 is 0 Å². The van der Waals surface area contributed by atoms with Crippen molar-refractivity contribution in [2.75, 3.05) is 6.61 Å². The molecule has 0 aliphatic heterocycles. The largest absolute Gasteiger partial charge is 0.492 e. The third-order valence-electron chi connectivity index (χ3n) is 1.75. The van der Waals surface area contributed by atoms with E-state index in [4.69, 9.17) is 26.9 Å². The predicted octanol–water partition coefficient (Wildman–Crippen LogP) is 2.89. The number of rotatable bonds is 4. The van der Waals surface area contributed by atoms with Gasteiger partial charge >= 0.3 is 0 Å². The van der Waals surface area contributed by atoms with Crippen LogP contribution in [0.2, 0.25) is 5.02 Å². The van der Waals surface area contributed by atoms with Gasteiger partial charge in [-0.15, -0.1) is 0 Å². The lowest BCUT2D eigenvalue weighted by Gasteiger charge is -2.06. The van der Waals surface area contributed by atoms with Gasteiger partial charge in [0.25, 0.3) is 0 Å². The lowest BCUT2D eigenvalue weighted by Crippen LogP contribution is -1.97. The first-order valence-electron chi connectivity index (χ1n) is 4.47. The van der Waals surface area contributed by atoms with Gasteiger partial charge in [-0.25, -0.2) is 0 Å². The second kappa shape index (κ2) is 5.90. The fraction of sp³-hybridized carbons (Fsp3) is 0.273. The highest BCUT2D eigenvalue weighted by Crippen LogP contribution is 2.25. The van der Waals surface area contributed by atoms with Crippen molar-refractivity contribution in [3.63, 3.8) is 0 Å². The predicted molar refractivity (Wildman–Crippen MR) is 56.5 cm³/mol. The van der Waals surface area contributed by atoms with Crippen LogP contribution in [0.25, 0.3) is 0 Å². The molecule has 0 spiro atoms. The quantitative estimate of drug-likeness (QED) is 0.733. The summed E-state index contributed by atoms with van der Waals surface area (Å²) in [5.41, 5.74) is 0.504. The summed E-state index contributed by atoms with van der Waals surface area (Å²) in [5.74, 6) is 0.550. The van der Waals surface area contributed by atoms with E-state index in [-0.39, 0.29) is 0 Å². The van der Waals surface area contributed by atoms with Crippen LogP contribution >= 0.6 is 11.6 Å². The Labute approximate surface area is 93.5 Å². The van der Waals surface area contributed by atoms with Crippen molar-refractivity contribution in [3.05, 3.63) is 28.8 Å². The molecular formula is C11H9ClN2O. The minimum Gasteiger partial charge on any atom is -0.492 e. The van der Waals surface area contributed by atoms with Crippen molar-refractivity contribution in [2.45, 2.75) is 12.8 Å². The fourth-order valence-corrected chi connectivity index (χ4v) is 1.26. The molecule has 0 bridgehead atoms. The summed E-state index contributed by atoms with van der Waals surface area (Å²) >= 11 is 5.88. The molecule has 15 heavy (non-hydrogen) atoms. The van der Waals surface area contributed by atoms with E-state index in [1.54, 1.807) is 18.2 Å². The number of unbranched alkanes of at least 4 members (excludes halogenated alkanes) is 1. The van der Waals surface area contributed by atoms with Crippen LogP contribution in [0.1, 0.15) is 18.4 Å². The molecule has 4 heteroatoms. The summed E-state index contributed by atoms with van der Waals surface area (Å²) in [6.45, 7) is 0.458. The molecule has 0 atom stereocenters. The Morgan fingerprint density at radius 1 is 1.33 bits per heavy atom. The zero-order chi connectivity index (χ0) is 11.1. The molecule has 0 aliphatic carbocycles. The highest BCUT2D eigenvalue weighted by molar-refractivity contribution is 6.32. The number of halogens is 1. The Kier molecular flexibility index (Phi) is 4.47. The molecule has 3 nitrogen and oxygen atoms in total. The molecule has 1 aromatic carbocycles. The summed E-state index contributed by atoms with van der Waals surface area (Å²) in [6, 6.07) is 8.88. The van der Waals surface area contributed by atoms with Gasteiger partial charge in [0.05, 0.1) is 29.3 Å². The molecule has 0 aliphatic rings. The van der Waals surface area contributed by atoms with Crippen LogP contribution in [0.15, 0.2) is 18.2 Å². The van der Waals surface area contributed by atoms with Crippen molar-refractivity contribution < 1.29 is 4.74 Å². The number of nitriles is 2. The molecule has 0 saturated carbocycles. The van der Waals surface area contributed by atoms with Crippen molar-refractivity contribution in [2.24, 2.45) is 0 Å². The first kappa shape index (κ1) is 11.4. The zero-order valence-corrected chi connectivity index (χ0v) is 8.79. The van der Waals surface area contributed by atoms with E-state index in [0.29, 0.717) is 35.8 Å². The van der Waals surface area contributed by atoms with E-state index in [1.807, 2.05) is 12.1 Å². The highest BCUT2D eigenvalue weighted by atomic mass is 35.5. The summed E-state index contributed by atoms with van der Waals surface area (Å²) in [7, 11) is 0. The third kappa shape index (κ3) is 3.50. The first-order chi connectivity index (χ1) is 7.27. The third-order valence-corrected chi connectivity index (χ3v) is 2.05. The van der Waals surface area contributed by atoms with Crippen molar-refractivity contribution in [3.8, 4) is 17.9 Å². The van der Waals surface area contributed by atoms with Gasteiger partial charge < -0.3 is 4.74 Å². The molecule has 0 fully saturated rings. The van der Waals surface area contributed by atoms with Crippen LogP contribution in [-0.2, 0) is 0 Å². The van der Waals surface area contributed by atoms with E-state index in [2.05, 4.69) is 0 Å². The number of ether oxygens (including phenoxy) is 1. The zero-order valence-electron chi connectivity index (χ0n) is 8.03. The maximum Gasteiger partial charge on any atom is 0.137 e. The smallest absolute Gasteiger partial charge is 0.137 e. The summed E-state index contributed by atoms with van der Waals surface area (Å²) in [6.07, 6.45) is 1.14. The van der Waals surface area contributed by atoms with E-state index in [1.165, 1.54) is 0 Å². The Hall–Kier alpha value is -1.71. The number of hydrogen-bond donors (Lipinski definition) is 0. The Morgan fingerprint density at radius 3 is 2.73 bits per heavy atom. The monoisotopic (exact) mass is 220 g/mol. The lowest BCUT2D eigenvalue weighted by molar-refractivity contribution is 0.313. The summed E-state index contributed by atoms with van der Waals surface area (Å²) in [4.78, 5) is 0. The normalized spacial score (nSPS) is 9.00. The molecule has 0 amide bonds. The molecule has 0 saturated heterocycles. The van der Waals surface area contributed by atoms with Gasteiger partial charge in [0.1, 0.15) is 5.75 Å². The molecule has 0 radical (unpaired) electrons. The fourth-order valence-electron chi connectivity index (χ4n) is 1.02. The Morgan fingerprint density at radius 2 is 2.13 bits per heavy atom. The maximum absolute atomic E-state index is 8.61. The minimum absolute atomic E-state index is 0.422. The van der Waals surface area contributed by atoms with Gasteiger partial charge in [-0.1, -0.05) is 11.6 Å². The van der Waals surface area contributed by atoms with Gasteiger partial charge in [-0.05, 0) is 24.6 Å². The molecule has 1 rings (SSSR count). The second-order valence-electron chi connectivity index (χ2n) is 2.87. The van der Waals surface area contributed by atoms with Crippen LogP contribution in [0.4, 0.5) is 0 Å². The van der Waals surface area contributed by atoms with Crippen LogP contribution in [0.5, 0.6) is 5.75 Å². The standard InChI is InChI=1S/C11H9ClN2O/c12-10-7-9(8-14)3-4-11(10)15-6-2-1-5-13/h3-4,7H,1-2,6H2. The number of hydrogen-bond acceptors (Lipinski definition) is 3. The van der Waals surface area contributed by atoms with Crippen LogP contribution < -0.4 is 4.74 Å². The topological polar surface area (TPSA) is 56.8 Å². The van der Waals surface area contributed by atoms with Gasteiger partial charge in [0.15, 0.2) is 0 Å². The SMILES string of the molecule is N#CCCCOc1ccc(C#N)cc1Cl. The molecular weight excluding hydrogens is 212 g/mol. The minimum atomic E-state index is 0.422. The number of nitrogens with zero attached hydrogens (tertiary/aromatic N) is 2. The van der Waals surface area contributed by atoms with Gasteiger partial charge in [-0.2, -0.15) is 10.5 Å². The molecule has 0 unspecified atom stereocenters. The van der Waals surface area contributed by atoms with Crippen LogP contribution in [0.3, 0.4) is 0 Å². The van der Waals surface area contributed by atoms with E-state index < -0.39 is 0 Å². The highest BCUT2D eigenvalue weighted by Gasteiger charge is 2.02. The average Bonchev–Trinajstić information content (AvgIpc) is 2.26. The molecule has 76 valence electrons. The second-order valence-corrected chi connectivity index (χ2v) is 3.27. The average molecular weight is 221 g/mol. The maximum atomic E-state index is 8.61. The first-order valence-corrected chi connectivity index (χ1v) is 4.85. The van der Waals surface area contributed by atoms with Gasteiger partial charge in [0, 0.05) is 6.42 Å². The van der Waals surface area contributed by atoms with Gasteiger partial charge in [-0.3, -0.25) is 0 Å². The molecule has 0 N–H and O–H groups in total. The Bertz CT molecular complexity index is 418. The summed E-state index contributed by atoms with van der Waals surface area (Å²) < 4.78 is 5.35. The van der Waals surface area contributed by atoms with Gasteiger partial charge in [0.2, 0.25) is 0 Å². The van der Waals surface area contributed by atoms with Crippen molar-refractivity contribution in [1.82, 2.24) is 0 Å². The van der Waals surface area contributed by atoms with Crippen LogP contribution in [-0.4, -0.2) is 6.61 Å². The van der Waals surface area contributed by atoms with Crippen molar-refractivity contribution in [1.29, 1.82) is 10.5 Å². The van der Waals surface area contributed by atoms with E-state index in [9.17, 15) is 0 Å². The lowest BCUT2D eigenvalue weighted by atomic mass is 10.2.